The Morgan fingerprint density at radius 2 is 1.69 bits per heavy atom. The number of amidine groups is 1. The predicted octanol–water partition coefficient (Wildman–Crippen LogP) is 1.89. The van der Waals surface area contributed by atoms with E-state index in [1.807, 2.05) is 0 Å². The number of aromatic hydroxyl groups is 1. The normalized spacial score (nSPS) is 35.3. The van der Waals surface area contributed by atoms with E-state index < -0.39 is 70.2 Å². The van der Waals surface area contributed by atoms with Crippen molar-refractivity contribution in [2.45, 2.75) is 82.1 Å². The summed E-state index contributed by atoms with van der Waals surface area (Å²) in [5, 5.41) is 18.6. The zero-order valence-corrected chi connectivity index (χ0v) is 21.5. The van der Waals surface area contributed by atoms with Gasteiger partial charge >= 0.3 is 17.9 Å². The van der Waals surface area contributed by atoms with Gasteiger partial charge in [0.25, 0.3) is 11.5 Å². The SMILES string of the molecule is CN1C(=O)N(CC(F)(F)F)C2(CC3(CCC(n4c(=O)c(C(=N)N)c(O)n(CC56CC(C5)C6)c4=O)CC3)C2)C1=O. The molecule has 1 aromatic heterocycles. The Kier molecular flexibility index (Phi) is 5.24. The van der Waals surface area contributed by atoms with Crippen LogP contribution >= 0.6 is 0 Å². The Hall–Kier alpha value is -3.32. The molecule has 2 bridgehead atoms. The average molecular weight is 553 g/mol. The van der Waals surface area contributed by atoms with Crippen molar-refractivity contribution in [1.82, 2.24) is 18.9 Å². The van der Waals surface area contributed by atoms with Gasteiger partial charge < -0.3 is 15.7 Å². The van der Waals surface area contributed by atoms with Gasteiger partial charge in [-0.3, -0.25) is 29.0 Å². The molecule has 4 N–H and O–H groups in total. The summed E-state index contributed by atoms with van der Waals surface area (Å²) >= 11 is 0. The van der Waals surface area contributed by atoms with Gasteiger partial charge in [0, 0.05) is 19.6 Å². The number of hydrogen-bond donors (Lipinski definition) is 3. The van der Waals surface area contributed by atoms with Gasteiger partial charge in [0.2, 0.25) is 5.88 Å². The Morgan fingerprint density at radius 1 is 1.10 bits per heavy atom. The minimum Gasteiger partial charge on any atom is -0.494 e. The summed E-state index contributed by atoms with van der Waals surface area (Å²) in [4.78, 5) is 53.5. The third-order valence-corrected chi connectivity index (χ3v) is 10.1. The van der Waals surface area contributed by atoms with Gasteiger partial charge in [0.15, 0.2) is 0 Å². The lowest BCUT2D eigenvalue weighted by molar-refractivity contribution is -0.173. The fourth-order valence-corrected chi connectivity index (χ4v) is 8.18. The molecule has 6 fully saturated rings. The van der Waals surface area contributed by atoms with E-state index in [0.717, 1.165) is 33.3 Å². The first-order valence-electron chi connectivity index (χ1n) is 13.2. The standard InChI is InChI=1S/C25H31F3N6O5/c1-31-19(37)24(33(20(31)38)12-25(26,27)28)9-22(10-24)4-2-14(3-5-22)34-18(36)15(16(29)30)17(35)32(21(34)39)11-23-6-13(7-23)8-23/h13-14,35H,2-12H2,1H3,(H3,29,30). The Bertz CT molecular complexity index is 1400. The first kappa shape index (κ1) is 25.9. The number of carbonyl (C=O) groups excluding carboxylic acids is 2. The van der Waals surface area contributed by atoms with Crippen LogP contribution in [0, 0.1) is 22.2 Å². The molecular weight excluding hydrogens is 521 g/mol. The molecule has 2 heterocycles. The number of carbonyl (C=O) groups is 2. The van der Waals surface area contributed by atoms with Crippen LogP contribution in [0.25, 0.3) is 0 Å². The number of nitrogens with two attached hydrogens (primary N) is 1. The van der Waals surface area contributed by atoms with Gasteiger partial charge in [0.1, 0.15) is 23.5 Å². The number of urea groups is 1. The molecule has 1 aromatic rings. The molecule has 1 saturated heterocycles. The van der Waals surface area contributed by atoms with Crippen molar-refractivity contribution in [2.24, 2.45) is 22.5 Å². The summed E-state index contributed by atoms with van der Waals surface area (Å²) in [6.45, 7) is -1.26. The third-order valence-electron chi connectivity index (χ3n) is 10.1. The maximum atomic E-state index is 13.5. The zero-order chi connectivity index (χ0) is 28.3. The molecule has 1 aliphatic heterocycles. The first-order valence-corrected chi connectivity index (χ1v) is 13.2. The van der Waals surface area contributed by atoms with Gasteiger partial charge in [-0.05, 0) is 74.5 Å². The molecule has 6 aliphatic rings. The minimum absolute atomic E-state index is 0.0835. The van der Waals surface area contributed by atoms with Crippen LogP contribution in [-0.4, -0.2) is 67.1 Å². The Balaban J connectivity index is 1.25. The maximum Gasteiger partial charge on any atom is 0.406 e. The second kappa shape index (κ2) is 7.87. The number of imide groups is 1. The molecule has 3 amide bonds. The summed E-state index contributed by atoms with van der Waals surface area (Å²) < 4.78 is 41.9. The lowest BCUT2D eigenvalue weighted by Gasteiger charge is -2.62. The first-order chi connectivity index (χ1) is 18.1. The quantitative estimate of drug-likeness (QED) is 0.288. The monoisotopic (exact) mass is 552 g/mol. The van der Waals surface area contributed by atoms with Gasteiger partial charge in [-0.1, -0.05) is 0 Å². The highest BCUT2D eigenvalue weighted by Gasteiger charge is 2.69. The maximum absolute atomic E-state index is 13.5. The summed E-state index contributed by atoms with van der Waals surface area (Å²) in [6, 6.07) is -1.52. The van der Waals surface area contributed by atoms with E-state index in [-0.39, 0.29) is 24.8 Å². The van der Waals surface area contributed by atoms with Crippen molar-refractivity contribution in [3.63, 3.8) is 0 Å². The molecule has 2 spiro atoms. The summed E-state index contributed by atoms with van der Waals surface area (Å²) in [6.07, 6.45) is -0.0489. The van der Waals surface area contributed by atoms with Crippen LogP contribution in [0.15, 0.2) is 9.59 Å². The Labute approximate surface area is 220 Å². The predicted molar refractivity (Wildman–Crippen MR) is 130 cm³/mol. The highest BCUT2D eigenvalue weighted by Crippen LogP contribution is 2.65. The van der Waals surface area contributed by atoms with E-state index in [2.05, 4.69) is 0 Å². The third kappa shape index (κ3) is 3.58. The van der Waals surface area contributed by atoms with Gasteiger partial charge in [-0.15, -0.1) is 0 Å². The van der Waals surface area contributed by atoms with Crippen molar-refractivity contribution in [3.8, 4) is 5.88 Å². The van der Waals surface area contributed by atoms with Crippen molar-refractivity contribution < 1.29 is 27.9 Å². The minimum atomic E-state index is -4.65. The molecule has 5 saturated carbocycles. The molecule has 0 unspecified atom stereocenters. The molecular formula is C25H31F3N6O5. The van der Waals surface area contributed by atoms with E-state index in [1.165, 1.54) is 7.05 Å². The van der Waals surface area contributed by atoms with Crippen molar-refractivity contribution in [2.75, 3.05) is 13.6 Å². The Morgan fingerprint density at radius 3 is 2.18 bits per heavy atom. The fraction of sp³-hybridized carbons (Fsp3) is 0.720. The van der Waals surface area contributed by atoms with E-state index in [0.29, 0.717) is 36.5 Å². The summed E-state index contributed by atoms with van der Waals surface area (Å²) in [7, 11) is 1.19. The number of amides is 3. The van der Waals surface area contributed by atoms with E-state index in [9.17, 15) is 37.5 Å². The lowest BCUT2D eigenvalue weighted by atomic mass is 9.44. The number of nitrogens with zero attached hydrogens (tertiary/aromatic N) is 4. The molecule has 14 heteroatoms. The van der Waals surface area contributed by atoms with Crippen molar-refractivity contribution >= 4 is 17.8 Å². The van der Waals surface area contributed by atoms with Crippen molar-refractivity contribution in [1.29, 1.82) is 5.41 Å². The van der Waals surface area contributed by atoms with Gasteiger partial charge in [-0.25, -0.2) is 9.59 Å². The van der Waals surface area contributed by atoms with Gasteiger partial charge in [0.05, 0.1) is 0 Å². The summed E-state index contributed by atoms with van der Waals surface area (Å²) in [5.41, 5.74) is 1.63. The van der Waals surface area contributed by atoms with Crippen LogP contribution in [0.3, 0.4) is 0 Å². The molecule has 39 heavy (non-hydrogen) atoms. The van der Waals surface area contributed by atoms with Crippen molar-refractivity contribution in [3.05, 3.63) is 26.4 Å². The summed E-state index contributed by atoms with van der Waals surface area (Å²) in [5.74, 6) is -1.23. The topological polar surface area (TPSA) is 155 Å². The molecule has 0 radical (unpaired) electrons. The smallest absolute Gasteiger partial charge is 0.406 e. The number of alkyl halides is 3. The second-order valence-electron chi connectivity index (χ2n) is 12.6. The van der Waals surface area contributed by atoms with Gasteiger partial charge in [-0.2, -0.15) is 13.2 Å². The fourth-order valence-electron chi connectivity index (χ4n) is 8.18. The number of nitrogens with one attached hydrogen (secondary N) is 1. The van der Waals surface area contributed by atoms with Crippen LogP contribution in [0.5, 0.6) is 5.88 Å². The lowest BCUT2D eigenvalue weighted by Crippen LogP contribution is -2.65. The van der Waals surface area contributed by atoms with Crippen LogP contribution in [0.2, 0.25) is 0 Å². The van der Waals surface area contributed by atoms with Crippen LogP contribution in [0.1, 0.15) is 69.4 Å². The molecule has 5 aliphatic carbocycles. The highest BCUT2D eigenvalue weighted by molar-refractivity contribution is 6.07. The molecule has 0 aromatic carbocycles. The average Bonchev–Trinajstić information content (AvgIpc) is 2.93. The zero-order valence-electron chi connectivity index (χ0n) is 21.5. The number of rotatable bonds is 5. The van der Waals surface area contributed by atoms with Crippen LogP contribution < -0.4 is 17.0 Å². The second-order valence-corrected chi connectivity index (χ2v) is 12.6. The number of aromatic nitrogens is 2. The number of nitrogen functional groups attached to an aromatic ring is 1. The highest BCUT2D eigenvalue weighted by atomic mass is 19.4. The molecule has 212 valence electrons. The van der Waals surface area contributed by atoms with E-state index in [4.69, 9.17) is 11.1 Å². The van der Waals surface area contributed by atoms with Crippen LogP contribution in [-0.2, 0) is 11.3 Å². The number of likely N-dealkylation sites (N-methyl/N-ethyl adjacent to an activating group) is 1. The molecule has 7 rings (SSSR count). The largest absolute Gasteiger partial charge is 0.494 e. The van der Waals surface area contributed by atoms with Crippen LogP contribution in [0.4, 0.5) is 18.0 Å². The number of halogens is 3. The van der Waals surface area contributed by atoms with E-state index in [1.54, 1.807) is 0 Å². The van der Waals surface area contributed by atoms with E-state index >= 15 is 0 Å². The molecule has 11 nitrogen and oxygen atoms in total. The number of hydrogen-bond acceptors (Lipinski definition) is 6. The molecule has 0 atom stereocenters.